The Morgan fingerprint density at radius 3 is 2.57 bits per heavy atom. The second kappa shape index (κ2) is 8.91. The van der Waals surface area contributed by atoms with Gasteiger partial charge in [0.2, 0.25) is 10.0 Å². The lowest BCUT2D eigenvalue weighted by Crippen LogP contribution is -2.24. The van der Waals surface area contributed by atoms with Crippen molar-refractivity contribution in [2.75, 3.05) is 12.8 Å². The van der Waals surface area contributed by atoms with Crippen molar-refractivity contribution in [2.45, 2.75) is 13.0 Å². The van der Waals surface area contributed by atoms with Crippen molar-refractivity contribution in [1.29, 1.82) is 0 Å². The maximum atomic E-state index is 12.3. The van der Waals surface area contributed by atoms with E-state index in [0.29, 0.717) is 34.4 Å². The highest BCUT2D eigenvalue weighted by Crippen LogP contribution is 2.24. The maximum Gasteiger partial charge on any atom is 0.261 e. The smallest absolute Gasteiger partial charge is 0.261 e. The molecule has 0 aliphatic heterocycles. The van der Waals surface area contributed by atoms with Crippen molar-refractivity contribution in [3.05, 3.63) is 69.1 Å². The van der Waals surface area contributed by atoms with Gasteiger partial charge in [-0.15, -0.1) is 11.3 Å². The van der Waals surface area contributed by atoms with Crippen molar-refractivity contribution in [3.8, 4) is 11.3 Å². The molecule has 1 aromatic carbocycles. The summed E-state index contributed by atoms with van der Waals surface area (Å²) in [5.41, 5.74) is 0.910. The number of thiophene rings is 1. The zero-order chi connectivity index (χ0) is 20.1. The summed E-state index contributed by atoms with van der Waals surface area (Å²) in [7, 11) is -3.20. The normalized spacial score (nSPS) is 11.5. The van der Waals surface area contributed by atoms with Crippen molar-refractivity contribution in [3.63, 3.8) is 0 Å². The maximum absolute atomic E-state index is 12.3. The predicted molar refractivity (Wildman–Crippen MR) is 111 cm³/mol. The Morgan fingerprint density at radius 2 is 1.86 bits per heavy atom. The Hall–Kier alpha value is -2.13. The van der Waals surface area contributed by atoms with Crippen molar-refractivity contribution in [1.82, 2.24) is 10.0 Å². The molecule has 0 aliphatic carbocycles. The zero-order valence-electron chi connectivity index (χ0n) is 15.1. The molecule has 0 unspecified atom stereocenters. The lowest BCUT2D eigenvalue weighted by molar-refractivity contribution is 0.0952. The number of furan rings is 1. The standard InChI is InChI=1S/C19H19ClN2O4S2/c1-28(24,25)22-11-10-16-7-9-18(27-16)19(23)21-12-15-6-8-17(26-15)13-2-4-14(20)5-3-13/h2-9,22H,10-12H2,1H3,(H,21,23). The van der Waals surface area contributed by atoms with Gasteiger partial charge in [-0.1, -0.05) is 11.6 Å². The highest BCUT2D eigenvalue weighted by Gasteiger charge is 2.11. The summed E-state index contributed by atoms with van der Waals surface area (Å²) in [6, 6.07) is 14.6. The number of halogens is 1. The Kier molecular flexibility index (Phi) is 6.56. The van der Waals surface area contributed by atoms with E-state index in [9.17, 15) is 13.2 Å². The molecule has 9 heteroatoms. The Morgan fingerprint density at radius 1 is 1.11 bits per heavy atom. The van der Waals surface area contributed by atoms with Crippen LogP contribution in [0.4, 0.5) is 0 Å². The molecule has 2 aromatic heterocycles. The summed E-state index contributed by atoms with van der Waals surface area (Å²) < 4.78 is 30.4. The number of nitrogens with one attached hydrogen (secondary N) is 2. The van der Waals surface area contributed by atoms with Crippen LogP contribution < -0.4 is 10.0 Å². The third-order valence-corrected chi connectivity index (χ3v) is 5.96. The van der Waals surface area contributed by atoms with Crippen molar-refractivity contribution in [2.24, 2.45) is 0 Å². The van der Waals surface area contributed by atoms with E-state index < -0.39 is 10.0 Å². The van der Waals surface area contributed by atoms with Crippen LogP contribution in [0.5, 0.6) is 0 Å². The van der Waals surface area contributed by atoms with E-state index >= 15 is 0 Å². The first kappa shape index (κ1) is 20.6. The second-order valence-corrected chi connectivity index (χ2v) is 9.58. The lowest BCUT2D eigenvalue weighted by atomic mass is 10.2. The molecular formula is C19H19ClN2O4S2. The second-order valence-electron chi connectivity index (χ2n) is 6.14. The fraction of sp³-hybridized carbons (Fsp3) is 0.211. The van der Waals surface area contributed by atoms with Crippen LogP contribution in [-0.2, 0) is 23.0 Å². The fourth-order valence-electron chi connectivity index (χ4n) is 2.49. The summed E-state index contributed by atoms with van der Waals surface area (Å²) in [6.45, 7) is 0.579. The van der Waals surface area contributed by atoms with E-state index in [1.54, 1.807) is 18.2 Å². The van der Waals surface area contributed by atoms with Crippen molar-refractivity contribution < 1.29 is 17.6 Å². The van der Waals surface area contributed by atoms with Crippen LogP contribution in [0.25, 0.3) is 11.3 Å². The molecule has 0 saturated heterocycles. The van der Waals surface area contributed by atoms with Crippen LogP contribution in [0, 0.1) is 0 Å². The summed E-state index contributed by atoms with van der Waals surface area (Å²) in [4.78, 5) is 13.8. The fourth-order valence-corrected chi connectivity index (χ4v) is 4.01. The summed E-state index contributed by atoms with van der Waals surface area (Å²) in [5, 5.41) is 3.49. The number of sulfonamides is 1. The Balaban J connectivity index is 1.52. The van der Waals surface area contributed by atoms with Gasteiger partial charge in [-0.25, -0.2) is 13.1 Å². The minimum Gasteiger partial charge on any atom is -0.459 e. The number of hydrogen-bond donors (Lipinski definition) is 2. The first-order valence-corrected chi connectivity index (χ1v) is 11.5. The predicted octanol–water partition coefficient (Wildman–Crippen LogP) is 3.68. The van der Waals surface area contributed by atoms with Gasteiger partial charge < -0.3 is 9.73 Å². The van der Waals surface area contributed by atoms with Crippen LogP contribution >= 0.6 is 22.9 Å². The monoisotopic (exact) mass is 438 g/mol. The van der Waals surface area contributed by atoms with Gasteiger partial charge in [-0.3, -0.25) is 4.79 Å². The first-order chi connectivity index (χ1) is 13.3. The van der Waals surface area contributed by atoms with Crippen LogP contribution in [-0.4, -0.2) is 27.1 Å². The Bertz CT molecular complexity index is 1060. The molecule has 0 saturated carbocycles. The topological polar surface area (TPSA) is 88.4 Å². The summed E-state index contributed by atoms with van der Waals surface area (Å²) in [6.07, 6.45) is 1.65. The van der Waals surface area contributed by atoms with Gasteiger partial charge in [0.1, 0.15) is 11.5 Å². The molecule has 0 fully saturated rings. The van der Waals surface area contributed by atoms with E-state index in [4.69, 9.17) is 16.0 Å². The SMILES string of the molecule is CS(=O)(=O)NCCc1ccc(C(=O)NCc2ccc(-c3ccc(Cl)cc3)o2)s1. The molecule has 28 heavy (non-hydrogen) atoms. The number of carbonyl (C=O) groups excluding carboxylic acids is 1. The van der Waals surface area contributed by atoms with E-state index in [2.05, 4.69) is 10.0 Å². The average Bonchev–Trinajstić information content (AvgIpc) is 3.29. The van der Waals surface area contributed by atoms with Gasteiger partial charge in [-0.05, 0) is 55.0 Å². The van der Waals surface area contributed by atoms with Crippen LogP contribution in [0.1, 0.15) is 20.3 Å². The molecule has 1 amide bonds. The number of carbonyl (C=O) groups is 1. The molecule has 148 valence electrons. The highest BCUT2D eigenvalue weighted by atomic mass is 35.5. The molecule has 3 rings (SSSR count). The molecule has 0 atom stereocenters. The van der Waals surface area contributed by atoms with Crippen molar-refractivity contribution >= 4 is 38.9 Å². The van der Waals surface area contributed by atoms with Gasteiger partial charge in [-0.2, -0.15) is 0 Å². The van der Waals surface area contributed by atoms with E-state index in [-0.39, 0.29) is 12.5 Å². The molecule has 0 spiro atoms. The van der Waals surface area contributed by atoms with E-state index in [1.807, 2.05) is 30.3 Å². The molecule has 3 aromatic rings. The molecular weight excluding hydrogens is 420 g/mol. The largest absolute Gasteiger partial charge is 0.459 e. The van der Waals surface area contributed by atoms with Gasteiger partial charge in [0.05, 0.1) is 17.7 Å². The van der Waals surface area contributed by atoms with E-state index in [0.717, 1.165) is 16.7 Å². The molecule has 2 N–H and O–H groups in total. The van der Waals surface area contributed by atoms with Crippen LogP contribution in [0.3, 0.4) is 0 Å². The van der Waals surface area contributed by atoms with Gasteiger partial charge in [0.15, 0.2) is 0 Å². The molecule has 0 radical (unpaired) electrons. The zero-order valence-corrected chi connectivity index (χ0v) is 17.5. The minimum absolute atomic E-state index is 0.197. The Labute approximate surface area is 172 Å². The van der Waals surface area contributed by atoms with Crippen LogP contribution in [0.2, 0.25) is 5.02 Å². The molecule has 2 heterocycles. The lowest BCUT2D eigenvalue weighted by Gasteiger charge is -2.02. The molecule has 0 bridgehead atoms. The summed E-state index contributed by atoms with van der Waals surface area (Å²) in [5.74, 6) is 1.15. The van der Waals surface area contributed by atoms with E-state index in [1.165, 1.54) is 11.3 Å². The van der Waals surface area contributed by atoms with Crippen LogP contribution in [0.15, 0.2) is 52.9 Å². The van der Waals surface area contributed by atoms with Gasteiger partial charge in [0, 0.05) is 22.0 Å². The highest BCUT2D eigenvalue weighted by molar-refractivity contribution is 7.88. The third kappa shape index (κ3) is 5.93. The average molecular weight is 439 g/mol. The number of rotatable bonds is 8. The first-order valence-electron chi connectivity index (χ1n) is 8.46. The minimum atomic E-state index is -3.20. The van der Waals surface area contributed by atoms with Gasteiger partial charge >= 0.3 is 0 Å². The number of benzene rings is 1. The molecule has 0 aliphatic rings. The van der Waals surface area contributed by atoms with Gasteiger partial charge in [0.25, 0.3) is 5.91 Å². The summed E-state index contributed by atoms with van der Waals surface area (Å²) >= 11 is 7.23. The quantitative estimate of drug-likeness (QED) is 0.561. The number of hydrogen-bond acceptors (Lipinski definition) is 5. The number of amides is 1. The molecule has 6 nitrogen and oxygen atoms in total. The third-order valence-electron chi connectivity index (χ3n) is 3.83.